The Labute approximate surface area is 148 Å². The number of aromatic nitrogens is 1. The maximum atomic E-state index is 12.2. The summed E-state index contributed by atoms with van der Waals surface area (Å²) >= 11 is 1.41. The zero-order chi connectivity index (χ0) is 17.6. The Balaban J connectivity index is 1.58. The molecule has 0 saturated heterocycles. The van der Waals surface area contributed by atoms with Crippen molar-refractivity contribution in [2.45, 2.75) is 6.92 Å². The van der Waals surface area contributed by atoms with Gasteiger partial charge >= 0.3 is 6.03 Å². The summed E-state index contributed by atoms with van der Waals surface area (Å²) in [7, 11) is 0. The van der Waals surface area contributed by atoms with Crippen molar-refractivity contribution in [2.24, 2.45) is 0 Å². The third-order valence-corrected chi connectivity index (χ3v) is 4.11. The van der Waals surface area contributed by atoms with Crippen LogP contribution in [0.2, 0.25) is 0 Å². The Morgan fingerprint density at radius 1 is 0.880 bits per heavy atom. The van der Waals surface area contributed by atoms with Crippen LogP contribution in [0.1, 0.15) is 15.2 Å². The van der Waals surface area contributed by atoms with Gasteiger partial charge in [-0.25, -0.2) is 9.78 Å². The van der Waals surface area contributed by atoms with Crippen LogP contribution in [0.5, 0.6) is 0 Å². The minimum Gasteiger partial charge on any atom is -0.308 e. The number of rotatable bonds is 4. The van der Waals surface area contributed by atoms with Crippen LogP contribution in [-0.2, 0) is 0 Å². The van der Waals surface area contributed by atoms with Gasteiger partial charge in [0, 0.05) is 28.0 Å². The lowest BCUT2D eigenvalue weighted by Gasteiger charge is -2.08. The van der Waals surface area contributed by atoms with E-state index >= 15 is 0 Å². The van der Waals surface area contributed by atoms with Gasteiger partial charge in [-0.15, -0.1) is 11.3 Å². The van der Waals surface area contributed by atoms with E-state index < -0.39 is 0 Å². The number of hydrogen-bond donors (Lipinski definition) is 3. The second-order valence-electron chi connectivity index (χ2n) is 5.25. The summed E-state index contributed by atoms with van der Waals surface area (Å²) in [5, 5.41) is 8.75. The maximum Gasteiger partial charge on any atom is 0.323 e. The van der Waals surface area contributed by atoms with Gasteiger partial charge in [0.15, 0.2) is 5.13 Å². The number of nitrogens with zero attached hydrogens (tertiary/aromatic N) is 1. The molecule has 3 N–H and O–H groups in total. The minimum absolute atomic E-state index is 0.241. The first kappa shape index (κ1) is 16.7. The van der Waals surface area contributed by atoms with E-state index in [1.165, 1.54) is 11.3 Å². The number of urea groups is 1. The number of nitrogens with one attached hydrogen (secondary N) is 3. The number of benzene rings is 2. The van der Waals surface area contributed by atoms with Crippen LogP contribution in [0.15, 0.2) is 60.8 Å². The van der Waals surface area contributed by atoms with Crippen LogP contribution in [0.3, 0.4) is 0 Å². The van der Waals surface area contributed by atoms with Gasteiger partial charge in [-0.1, -0.05) is 18.2 Å². The number of thiazole rings is 1. The molecule has 3 aromatic rings. The summed E-state index contributed by atoms with van der Waals surface area (Å²) in [6.45, 7) is 1.92. The van der Waals surface area contributed by atoms with Crippen molar-refractivity contribution in [2.75, 3.05) is 16.0 Å². The van der Waals surface area contributed by atoms with Crippen LogP contribution in [0.25, 0.3) is 0 Å². The Kier molecular flexibility index (Phi) is 5.06. The van der Waals surface area contributed by atoms with E-state index in [2.05, 4.69) is 20.9 Å². The number of amides is 3. The van der Waals surface area contributed by atoms with Crippen molar-refractivity contribution >= 4 is 39.8 Å². The first-order valence-electron chi connectivity index (χ1n) is 7.57. The second kappa shape index (κ2) is 7.59. The fraction of sp³-hybridized carbons (Fsp3) is 0.0556. The second-order valence-corrected chi connectivity index (χ2v) is 6.49. The van der Waals surface area contributed by atoms with E-state index in [4.69, 9.17) is 0 Å². The molecule has 6 nitrogen and oxygen atoms in total. The lowest BCUT2D eigenvalue weighted by atomic mass is 10.2. The third-order valence-electron chi connectivity index (χ3n) is 3.28. The molecular formula is C18H16N4O2S. The smallest absolute Gasteiger partial charge is 0.308 e. The first-order chi connectivity index (χ1) is 12.1. The Morgan fingerprint density at radius 2 is 1.52 bits per heavy atom. The largest absolute Gasteiger partial charge is 0.323 e. The molecule has 0 radical (unpaired) electrons. The molecule has 3 amide bonds. The summed E-state index contributed by atoms with van der Waals surface area (Å²) < 4.78 is 0. The summed E-state index contributed by atoms with van der Waals surface area (Å²) in [4.78, 5) is 29.2. The minimum atomic E-state index is -0.346. The molecule has 0 atom stereocenters. The number of hydrogen-bond acceptors (Lipinski definition) is 4. The van der Waals surface area contributed by atoms with Crippen LogP contribution in [0.4, 0.5) is 21.3 Å². The number of carbonyl (C=O) groups is 2. The topological polar surface area (TPSA) is 83.1 Å². The van der Waals surface area contributed by atoms with E-state index in [-0.39, 0.29) is 11.9 Å². The van der Waals surface area contributed by atoms with Gasteiger partial charge in [0.2, 0.25) is 0 Å². The van der Waals surface area contributed by atoms with E-state index in [0.29, 0.717) is 22.1 Å². The lowest BCUT2D eigenvalue weighted by molar-refractivity contribution is 0.102. The quantitative estimate of drug-likeness (QED) is 0.653. The molecule has 1 aromatic heterocycles. The van der Waals surface area contributed by atoms with Crippen molar-refractivity contribution < 1.29 is 9.59 Å². The van der Waals surface area contributed by atoms with Gasteiger partial charge < -0.3 is 10.6 Å². The highest BCUT2D eigenvalue weighted by Crippen LogP contribution is 2.18. The average Bonchev–Trinajstić information content (AvgIpc) is 3.01. The molecule has 25 heavy (non-hydrogen) atoms. The molecule has 0 aliphatic heterocycles. The fourth-order valence-corrected chi connectivity index (χ4v) is 2.76. The zero-order valence-corrected chi connectivity index (χ0v) is 14.3. The SMILES string of the molecule is Cc1cnc(NC(=O)c2ccc(NC(=O)Nc3ccccc3)cc2)s1. The third kappa shape index (κ3) is 4.65. The normalized spacial score (nSPS) is 10.1. The monoisotopic (exact) mass is 352 g/mol. The highest BCUT2D eigenvalue weighted by Gasteiger charge is 2.09. The highest BCUT2D eigenvalue weighted by molar-refractivity contribution is 7.15. The number of anilines is 3. The van der Waals surface area contributed by atoms with Crippen molar-refractivity contribution in [1.29, 1.82) is 0 Å². The summed E-state index contributed by atoms with van der Waals surface area (Å²) in [5.41, 5.74) is 1.78. The van der Waals surface area contributed by atoms with E-state index in [1.807, 2.05) is 25.1 Å². The Hall–Kier alpha value is -3.19. The van der Waals surface area contributed by atoms with Gasteiger partial charge in [-0.2, -0.15) is 0 Å². The molecule has 1 heterocycles. The number of aryl methyl sites for hydroxylation is 1. The molecule has 3 rings (SSSR count). The number of carbonyl (C=O) groups excluding carboxylic acids is 2. The predicted octanol–water partition coefficient (Wildman–Crippen LogP) is 4.35. The van der Waals surface area contributed by atoms with Crippen molar-refractivity contribution in [3.63, 3.8) is 0 Å². The van der Waals surface area contributed by atoms with Crippen LogP contribution in [0, 0.1) is 6.92 Å². The molecule has 0 spiro atoms. The van der Waals surface area contributed by atoms with Crippen molar-refractivity contribution in [3.8, 4) is 0 Å². The lowest BCUT2D eigenvalue weighted by Crippen LogP contribution is -2.19. The van der Waals surface area contributed by atoms with E-state index in [1.54, 1.807) is 42.6 Å². The van der Waals surface area contributed by atoms with Gasteiger partial charge in [0.05, 0.1) is 0 Å². The summed E-state index contributed by atoms with van der Waals surface area (Å²) in [6, 6.07) is 15.4. The van der Waals surface area contributed by atoms with Crippen molar-refractivity contribution in [1.82, 2.24) is 4.98 Å². The highest BCUT2D eigenvalue weighted by atomic mass is 32.1. The van der Waals surface area contributed by atoms with E-state index in [0.717, 1.165) is 4.88 Å². The fourth-order valence-electron chi connectivity index (χ4n) is 2.10. The molecule has 2 aromatic carbocycles. The summed E-state index contributed by atoms with van der Waals surface area (Å²) in [5.74, 6) is -0.241. The van der Waals surface area contributed by atoms with Crippen LogP contribution >= 0.6 is 11.3 Å². The standard InChI is InChI=1S/C18H16N4O2S/c1-12-11-19-18(25-12)22-16(23)13-7-9-15(10-8-13)21-17(24)20-14-5-3-2-4-6-14/h2-11H,1H3,(H,19,22,23)(H2,20,21,24). The molecule has 0 aliphatic rings. The van der Waals surface area contributed by atoms with Gasteiger partial charge in [-0.05, 0) is 43.3 Å². The van der Waals surface area contributed by atoms with Gasteiger partial charge in [0.1, 0.15) is 0 Å². The molecule has 0 fully saturated rings. The Morgan fingerprint density at radius 3 is 2.12 bits per heavy atom. The maximum absolute atomic E-state index is 12.2. The van der Waals surface area contributed by atoms with Gasteiger partial charge in [-0.3, -0.25) is 10.1 Å². The molecule has 0 bridgehead atoms. The first-order valence-corrected chi connectivity index (χ1v) is 8.39. The molecule has 7 heteroatoms. The van der Waals surface area contributed by atoms with Crippen LogP contribution < -0.4 is 16.0 Å². The average molecular weight is 352 g/mol. The van der Waals surface area contributed by atoms with Gasteiger partial charge in [0.25, 0.3) is 5.91 Å². The molecule has 0 aliphatic carbocycles. The predicted molar refractivity (Wildman–Crippen MR) is 100 cm³/mol. The Bertz CT molecular complexity index is 876. The molecule has 126 valence electrons. The molecule has 0 saturated carbocycles. The number of para-hydroxylation sites is 1. The molecular weight excluding hydrogens is 336 g/mol. The van der Waals surface area contributed by atoms with Crippen molar-refractivity contribution in [3.05, 3.63) is 71.2 Å². The zero-order valence-electron chi connectivity index (χ0n) is 13.4. The van der Waals surface area contributed by atoms with E-state index in [9.17, 15) is 9.59 Å². The molecule has 0 unspecified atom stereocenters. The summed E-state index contributed by atoms with van der Waals surface area (Å²) in [6.07, 6.45) is 1.71. The van der Waals surface area contributed by atoms with Crippen LogP contribution in [-0.4, -0.2) is 16.9 Å².